The van der Waals surface area contributed by atoms with E-state index in [0.29, 0.717) is 6.61 Å². The van der Waals surface area contributed by atoms with E-state index >= 15 is 0 Å². The van der Waals surface area contributed by atoms with Crippen molar-refractivity contribution in [2.45, 2.75) is 158 Å². The monoisotopic (exact) mass is 718 g/mol. The van der Waals surface area contributed by atoms with E-state index < -0.39 is 43.3 Å². The van der Waals surface area contributed by atoms with Gasteiger partial charge in [0.25, 0.3) is 0 Å². The molecule has 236 valence electrons. The number of allylic oxidation sites excluding steroid dienone is 2. The van der Waals surface area contributed by atoms with Crippen molar-refractivity contribution in [3.63, 3.8) is 0 Å². The Hall–Kier alpha value is 0.549. The Morgan fingerprint density at radius 3 is 1.35 bits per heavy atom. The van der Waals surface area contributed by atoms with Crippen molar-refractivity contribution < 1.29 is 13.3 Å². The van der Waals surface area contributed by atoms with Crippen LogP contribution in [0.3, 0.4) is 0 Å². The van der Waals surface area contributed by atoms with E-state index in [4.69, 9.17) is 13.3 Å². The van der Waals surface area contributed by atoms with Crippen LogP contribution in [0.4, 0.5) is 0 Å². The van der Waals surface area contributed by atoms with Gasteiger partial charge in [-0.05, 0) is 18.1 Å². The zero-order valence-electron chi connectivity index (χ0n) is 29.4. The van der Waals surface area contributed by atoms with E-state index in [0.717, 1.165) is 36.3 Å². The molecule has 0 bridgehead atoms. The van der Waals surface area contributed by atoms with E-state index in [1.807, 2.05) is 0 Å². The van der Waals surface area contributed by atoms with Gasteiger partial charge in [0.2, 0.25) is 0 Å². The molecule has 0 aliphatic rings. The molecule has 0 saturated heterocycles. The molecule has 0 aromatic carbocycles. The minimum absolute atomic E-state index is 0.0362. The summed E-state index contributed by atoms with van der Waals surface area (Å²) < 4.78 is 23.7. The van der Waals surface area contributed by atoms with Crippen LogP contribution in [0.25, 0.3) is 0 Å². The first-order valence-corrected chi connectivity index (χ1v) is 34.6. The minimum atomic E-state index is -2.03. The van der Waals surface area contributed by atoms with Crippen LogP contribution < -0.4 is 0 Å². The molecule has 0 aromatic heterocycles. The molecule has 0 aliphatic heterocycles. The van der Waals surface area contributed by atoms with Crippen molar-refractivity contribution >= 4 is 43.3 Å². The summed E-state index contributed by atoms with van der Waals surface area (Å²) in [6.07, 6.45) is 9.43. The SMILES string of the molecule is CC[Si](CC)(CC)OC/C=C/[C@@H](O[Si](CC)(CC)CC)[C@H](C)[C@H](/C=C/C(C)=[CH]/[Sn]([CH3])([CH3])[CH3])O[Si](CC)(CC)CC. The van der Waals surface area contributed by atoms with Gasteiger partial charge < -0.3 is 0 Å². The molecule has 3 nitrogen and oxygen atoms in total. The van der Waals surface area contributed by atoms with Crippen molar-refractivity contribution in [2.75, 3.05) is 6.61 Å². The van der Waals surface area contributed by atoms with Crippen LogP contribution in [-0.4, -0.2) is 62.1 Å². The van der Waals surface area contributed by atoms with Gasteiger partial charge in [0.05, 0.1) is 0 Å². The summed E-state index contributed by atoms with van der Waals surface area (Å²) in [4.78, 5) is 7.42. The van der Waals surface area contributed by atoms with Gasteiger partial charge in [-0.3, -0.25) is 0 Å². The van der Waals surface area contributed by atoms with E-state index in [-0.39, 0.29) is 18.1 Å². The van der Waals surface area contributed by atoms with Gasteiger partial charge in [-0.2, -0.15) is 0 Å². The Labute approximate surface area is 259 Å². The molecule has 0 radical (unpaired) electrons. The van der Waals surface area contributed by atoms with Gasteiger partial charge >= 0.3 is 222 Å². The fourth-order valence-electron chi connectivity index (χ4n) is 5.86. The second-order valence-electron chi connectivity index (χ2n) is 13.1. The molecular formula is C33H70O3Si3Sn. The number of hydrogen-bond donors (Lipinski definition) is 0. The average molecular weight is 718 g/mol. The molecule has 40 heavy (non-hydrogen) atoms. The molecule has 0 amide bonds. The predicted octanol–water partition coefficient (Wildman–Crippen LogP) is 11.4. The normalized spacial score (nSPS) is 16.7. The Kier molecular flexibility index (Phi) is 20.0. The summed E-state index contributed by atoms with van der Waals surface area (Å²) in [6.45, 7) is 26.3. The Balaban J connectivity index is 6.52. The molecule has 0 spiro atoms. The molecular weight excluding hydrogens is 647 g/mol. The fraction of sp³-hybridized carbons (Fsp3) is 0.818. The molecule has 0 aromatic rings. The van der Waals surface area contributed by atoms with Crippen LogP contribution >= 0.6 is 0 Å². The predicted molar refractivity (Wildman–Crippen MR) is 192 cm³/mol. The van der Waals surface area contributed by atoms with Gasteiger partial charge in [0.1, 0.15) is 0 Å². The molecule has 0 N–H and O–H groups in total. The maximum atomic E-state index is 7.26. The van der Waals surface area contributed by atoms with Crippen LogP contribution in [0.5, 0.6) is 0 Å². The molecule has 0 rings (SSSR count). The molecule has 0 fully saturated rings. The zero-order valence-corrected chi connectivity index (χ0v) is 35.3. The summed E-state index contributed by atoms with van der Waals surface area (Å²) in [6, 6.07) is 10.5. The van der Waals surface area contributed by atoms with Crippen LogP contribution in [0.1, 0.15) is 76.2 Å². The second-order valence-corrected chi connectivity index (χ2v) is 41.7. The third-order valence-corrected chi connectivity index (χ3v) is 27.3. The topological polar surface area (TPSA) is 27.7 Å². The van der Waals surface area contributed by atoms with E-state index in [1.165, 1.54) is 23.7 Å². The molecule has 7 heteroatoms. The van der Waals surface area contributed by atoms with Crippen molar-refractivity contribution in [2.24, 2.45) is 5.92 Å². The second kappa shape index (κ2) is 19.8. The number of rotatable bonds is 22. The van der Waals surface area contributed by atoms with Crippen LogP contribution in [-0.2, 0) is 13.3 Å². The Morgan fingerprint density at radius 1 is 0.625 bits per heavy atom. The Morgan fingerprint density at radius 2 is 1.00 bits per heavy atom. The van der Waals surface area contributed by atoms with Crippen molar-refractivity contribution in [3.8, 4) is 0 Å². The van der Waals surface area contributed by atoms with E-state index in [9.17, 15) is 0 Å². The van der Waals surface area contributed by atoms with Gasteiger partial charge in [0.15, 0.2) is 0 Å². The first-order valence-electron chi connectivity index (χ1n) is 16.8. The first-order chi connectivity index (χ1) is 18.7. The zero-order chi connectivity index (χ0) is 31.0. The molecule has 0 heterocycles. The van der Waals surface area contributed by atoms with Crippen LogP contribution in [0.15, 0.2) is 34.0 Å². The third-order valence-electron chi connectivity index (χ3n) is 9.63. The Bertz CT molecular complexity index is 739. The maximum absolute atomic E-state index is 7.26. The summed E-state index contributed by atoms with van der Waals surface area (Å²) in [5.41, 5.74) is 1.39. The van der Waals surface area contributed by atoms with Gasteiger partial charge in [0, 0.05) is 0 Å². The molecule has 3 atom stereocenters. The van der Waals surface area contributed by atoms with E-state index in [2.05, 4.69) is 119 Å². The van der Waals surface area contributed by atoms with Crippen molar-refractivity contribution in [1.82, 2.24) is 0 Å². The van der Waals surface area contributed by atoms with Crippen molar-refractivity contribution in [1.29, 1.82) is 0 Å². The van der Waals surface area contributed by atoms with Crippen LogP contribution in [0, 0.1) is 5.92 Å². The standard InChI is InChI=1S/C30H61O3Si3.3CH3.Sn/c1-13-34(14-2,15-3)31-26-22-23-29(32-35(16-4,17-5)18-6)28(12)30(25-24-27(10)11)33-36(19-7,20-8)21-9;;;;/h10,22-25,28-30H,13-21,26H2,1-9,11-12H3;3*1H3;/b23-22+,25-24+,27-10?;;;;/t28-,29+,30-;;;;/m0..../s1. The molecule has 0 aliphatic carbocycles. The fourth-order valence-corrected chi connectivity index (χ4v) is 18.3. The van der Waals surface area contributed by atoms with Crippen LogP contribution in [0.2, 0.25) is 69.2 Å². The van der Waals surface area contributed by atoms with E-state index in [1.54, 1.807) is 0 Å². The van der Waals surface area contributed by atoms with Crippen molar-refractivity contribution in [3.05, 3.63) is 34.0 Å². The summed E-state index contributed by atoms with van der Waals surface area (Å²) >= 11 is -2.03. The summed E-state index contributed by atoms with van der Waals surface area (Å²) in [7, 11) is -5.25. The summed E-state index contributed by atoms with van der Waals surface area (Å²) in [5, 5.41) is 0. The quantitative estimate of drug-likeness (QED) is 0.0634. The average Bonchev–Trinajstić information content (AvgIpc) is 2.94. The summed E-state index contributed by atoms with van der Waals surface area (Å²) in [5.74, 6) is 0.233. The van der Waals surface area contributed by atoms with Gasteiger partial charge in [-0.15, -0.1) is 0 Å². The first kappa shape index (κ1) is 40.5. The van der Waals surface area contributed by atoms with Gasteiger partial charge in [-0.1, -0.05) is 20.8 Å². The molecule has 0 unspecified atom stereocenters. The number of hydrogen-bond acceptors (Lipinski definition) is 3. The molecule has 0 saturated carbocycles. The third kappa shape index (κ3) is 13.5. The van der Waals surface area contributed by atoms with Gasteiger partial charge in [-0.25, -0.2) is 0 Å².